The van der Waals surface area contributed by atoms with Gasteiger partial charge in [-0.25, -0.2) is 0 Å². The molecule has 27 heavy (non-hydrogen) atoms. The van der Waals surface area contributed by atoms with Gasteiger partial charge in [-0.3, -0.25) is 9.58 Å². The van der Waals surface area contributed by atoms with E-state index in [1.54, 1.807) is 7.11 Å². The van der Waals surface area contributed by atoms with Gasteiger partial charge < -0.3 is 10.5 Å². The molecule has 1 aromatic carbocycles. The molecule has 0 radical (unpaired) electrons. The van der Waals surface area contributed by atoms with E-state index in [9.17, 15) is 0 Å². The molecule has 1 aliphatic heterocycles. The second-order valence-corrected chi connectivity index (χ2v) is 9.44. The van der Waals surface area contributed by atoms with Gasteiger partial charge in [0.15, 0.2) is 0 Å². The number of aromatic nitrogens is 2. The second kappa shape index (κ2) is 7.28. The smallest absolute Gasteiger partial charge is 0.119 e. The van der Waals surface area contributed by atoms with Gasteiger partial charge in [0.05, 0.1) is 18.3 Å². The van der Waals surface area contributed by atoms with Gasteiger partial charge in [0.2, 0.25) is 0 Å². The lowest BCUT2D eigenvalue weighted by Crippen LogP contribution is -2.52. The van der Waals surface area contributed by atoms with Crippen molar-refractivity contribution in [3.63, 3.8) is 0 Å². The molecule has 0 saturated carbocycles. The topological polar surface area (TPSA) is 56.3 Å². The van der Waals surface area contributed by atoms with E-state index in [0.29, 0.717) is 0 Å². The summed E-state index contributed by atoms with van der Waals surface area (Å²) in [5, 5.41) is 4.95. The van der Waals surface area contributed by atoms with E-state index < -0.39 is 0 Å². The van der Waals surface area contributed by atoms with E-state index in [1.165, 1.54) is 5.56 Å². The molecule has 1 fully saturated rings. The van der Waals surface area contributed by atoms with Crippen molar-refractivity contribution in [3.05, 3.63) is 36.0 Å². The first-order chi connectivity index (χ1) is 12.6. The van der Waals surface area contributed by atoms with Crippen molar-refractivity contribution in [2.24, 2.45) is 11.1 Å². The SMILES string of the molecule is COc1cccc(-c2nn(C(C)(C)C)cc2CN2CCC(N)C(C)(C)C2)c1. The largest absolute Gasteiger partial charge is 0.497 e. The van der Waals surface area contributed by atoms with Crippen molar-refractivity contribution in [2.75, 3.05) is 20.2 Å². The first kappa shape index (κ1) is 19.9. The zero-order valence-corrected chi connectivity index (χ0v) is 17.6. The van der Waals surface area contributed by atoms with Crippen molar-refractivity contribution in [3.8, 4) is 17.0 Å². The number of nitrogens with zero attached hydrogens (tertiary/aromatic N) is 3. The Morgan fingerprint density at radius 1 is 1.30 bits per heavy atom. The van der Waals surface area contributed by atoms with Crippen LogP contribution in [0.15, 0.2) is 30.5 Å². The molecular weight excluding hydrogens is 336 g/mol. The summed E-state index contributed by atoms with van der Waals surface area (Å²) in [5.74, 6) is 0.855. The summed E-state index contributed by atoms with van der Waals surface area (Å²) >= 11 is 0. The summed E-state index contributed by atoms with van der Waals surface area (Å²) in [6, 6.07) is 8.44. The average molecular weight is 371 g/mol. The van der Waals surface area contributed by atoms with E-state index in [-0.39, 0.29) is 17.0 Å². The highest BCUT2D eigenvalue weighted by Crippen LogP contribution is 2.32. The van der Waals surface area contributed by atoms with Crippen LogP contribution in [0.3, 0.4) is 0 Å². The van der Waals surface area contributed by atoms with Gasteiger partial charge in [0.1, 0.15) is 5.75 Å². The number of hydrogen-bond donors (Lipinski definition) is 1. The molecule has 1 aliphatic rings. The zero-order valence-electron chi connectivity index (χ0n) is 17.6. The maximum absolute atomic E-state index is 6.33. The molecule has 0 aliphatic carbocycles. The Balaban J connectivity index is 1.95. The fraction of sp³-hybridized carbons (Fsp3) is 0.591. The summed E-state index contributed by atoms with van der Waals surface area (Å²) < 4.78 is 7.50. The predicted molar refractivity (Wildman–Crippen MR) is 111 cm³/mol. The van der Waals surface area contributed by atoms with Crippen LogP contribution in [0.4, 0.5) is 0 Å². The van der Waals surface area contributed by atoms with Crippen LogP contribution in [0.1, 0.15) is 46.6 Å². The van der Waals surface area contributed by atoms with Crippen LogP contribution in [-0.4, -0.2) is 40.9 Å². The quantitative estimate of drug-likeness (QED) is 0.887. The Morgan fingerprint density at radius 2 is 2.04 bits per heavy atom. The predicted octanol–water partition coefficient (Wildman–Crippen LogP) is 3.87. The van der Waals surface area contributed by atoms with Crippen molar-refractivity contribution < 1.29 is 4.74 Å². The lowest BCUT2D eigenvalue weighted by molar-refractivity contribution is 0.0899. The molecule has 1 saturated heterocycles. The Morgan fingerprint density at radius 3 is 2.67 bits per heavy atom. The molecule has 1 aromatic heterocycles. The van der Waals surface area contributed by atoms with Gasteiger partial charge in [-0.15, -0.1) is 0 Å². The molecular formula is C22H34N4O. The summed E-state index contributed by atoms with van der Waals surface area (Å²) in [5.41, 5.74) is 9.79. The molecule has 3 rings (SSSR count). The Labute approximate surface area is 163 Å². The van der Waals surface area contributed by atoms with Crippen LogP contribution in [0, 0.1) is 5.41 Å². The fourth-order valence-electron chi connectivity index (χ4n) is 3.74. The molecule has 0 amide bonds. The number of piperidine rings is 1. The maximum atomic E-state index is 6.33. The van der Waals surface area contributed by atoms with Gasteiger partial charge in [0, 0.05) is 43.0 Å². The third kappa shape index (κ3) is 4.36. The van der Waals surface area contributed by atoms with E-state index >= 15 is 0 Å². The number of nitrogens with two attached hydrogens (primary N) is 1. The van der Waals surface area contributed by atoms with Crippen LogP contribution in [0.5, 0.6) is 5.75 Å². The Bertz CT molecular complexity index is 788. The first-order valence-electron chi connectivity index (χ1n) is 9.81. The maximum Gasteiger partial charge on any atom is 0.119 e. The number of likely N-dealkylation sites (tertiary alicyclic amines) is 1. The standard InChI is InChI=1S/C22H34N4O/c1-21(2,3)26-14-17(13-25-11-10-19(23)22(4,5)15-25)20(24-26)16-8-7-9-18(12-16)27-6/h7-9,12,14,19H,10-11,13,15,23H2,1-6H3. The first-order valence-corrected chi connectivity index (χ1v) is 9.81. The molecule has 2 aromatic rings. The van der Waals surface area contributed by atoms with Gasteiger partial charge in [-0.05, 0) is 44.7 Å². The lowest BCUT2D eigenvalue weighted by Gasteiger charge is -2.42. The number of hydrogen-bond acceptors (Lipinski definition) is 4. The highest BCUT2D eigenvalue weighted by Gasteiger charge is 2.34. The molecule has 5 heteroatoms. The van der Waals surface area contributed by atoms with Gasteiger partial charge in [-0.2, -0.15) is 5.10 Å². The summed E-state index contributed by atoms with van der Waals surface area (Å²) in [7, 11) is 1.70. The normalized spacial score (nSPS) is 20.6. The van der Waals surface area contributed by atoms with Gasteiger partial charge in [0.25, 0.3) is 0 Å². The summed E-state index contributed by atoms with van der Waals surface area (Å²) in [4.78, 5) is 2.51. The second-order valence-electron chi connectivity index (χ2n) is 9.44. The monoisotopic (exact) mass is 370 g/mol. The van der Waals surface area contributed by atoms with Crippen LogP contribution in [-0.2, 0) is 12.1 Å². The van der Waals surface area contributed by atoms with Crippen molar-refractivity contribution in [1.82, 2.24) is 14.7 Å². The van der Waals surface area contributed by atoms with Gasteiger partial charge >= 0.3 is 0 Å². The van der Waals surface area contributed by atoms with Crippen LogP contribution in [0.2, 0.25) is 0 Å². The van der Waals surface area contributed by atoms with Crippen LogP contribution >= 0.6 is 0 Å². The number of benzene rings is 1. The molecule has 5 nitrogen and oxygen atoms in total. The summed E-state index contributed by atoms with van der Waals surface area (Å²) in [6.45, 7) is 14.0. The highest BCUT2D eigenvalue weighted by atomic mass is 16.5. The van der Waals surface area contributed by atoms with E-state index in [2.05, 4.69) is 62.5 Å². The third-order valence-corrected chi connectivity index (χ3v) is 5.61. The molecule has 148 valence electrons. The zero-order chi connectivity index (χ0) is 19.8. The van der Waals surface area contributed by atoms with Crippen molar-refractivity contribution in [2.45, 2.75) is 59.2 Å². The fourth-order valence-corrected chi connectivity index (χ4v) is 3.74. The van der Waals surface area contributed by atoms with E-state index in [4.69, 9.17) is 15.6 Å². The molecule has 1 unspecified atom stereocenters. The van der Waals surface area contributed by atoms with Crippen molar-refractivity contribution >= 4 is 0 Å². The number of ether oxygens (including phenoxy) is 1. The van der Waals surface area contributed by atoms with Crippen LogP contribution in [0.25, 0.3) is 11.3 Å². The van der Waals surface area contributed by atoms with E-state index in [1.807, 2.05) is 12.1 Å². The molecule has 0 bridgehead atoms. The minimum absolute atomic E-state index is 0.0601. The number of methoxy groups -OCH3 is 1. The molecule has 2 heterocycles. The third-order valence-electron chi connectivity index (χ3n) is 5.61. The van der Waals surface area contributed by atoms with E-state index in [0.717, 1.165) is 43.1 Å². The highest BCUT2D eigenvalue weighted by molar-refractivity contribution is 5.64. The Hall–Kier alpha value is -1.85. The number of rotatable bonds is 4. The molecule has 0 spiro atoms. The Kier molecular flexibility index (Phi) is 5.37. The minimum Gasteiger partial charge on any atom is -0.497 e. The van der Waals surface area contributed by atoms with Crippen LogP contribution < -0.4 is 10.5 Å². The lowest BCUT2D eigenvalue weighted by atomic mass is 9.79. The minimum atomic E-state index is -0.0601. The molecule has 1 atom stereocenters. The summed E-state index contributed by atoms with van der Waals surface area (Å²) in [6.07, 6.45) is 3.24. The average Bonchev–Trinajstić information content (AvgIpc) is 3.02. The van der Waals surface area contributed by atoms with Crippen molar-refractivity contribution in [1.29, 1.82) is 0 Å². The van der Waals surface area contributed by atoms with Gasteiger partial charge in [-0.1, -0.05) is 26.0 Å². The molecule has 2 N–H and O–H groups in total.